The van der Waals surface area contributed by atoms with Crippen molar-refractivity contribution in [1.29, 1.82) is 0 Å². The van der Waals surface area contributed by atoms with Crippen molar-refractivity contribution in [2.24, 2.45) is 0 Å². The van der Waals surface area contributed by atoms with Gasteiger partial charge in [-0.1, -0.05) is 13.2 Å². The van der Waals surface area contributed by atoms with Crippen molar-refractivity contribution in [1.82, 2.24) is 9.90 Å². The van der Waals surface area contributed by atoms with Crippen LogP contribution in [0.5, 0.6) is 0 Å². The first-order valence-electron chi connectivity index (χ1n) is 3.52. The third kappa shape index (κ3) is 2.04. The average molecular weight is 150 g/mol. The number of rotatable bonds is 4. The Balaban J connectivity index is 2.64. The zero-order chi connectivity index (χ0) is 8.10. The van der Waals surface area contributed by atoms with Crippen LogP contribution in [0.4, 0.5) is 0 Å². The molecular formula is C8H12N3+. The first-order valence-corrected chi connectivity index (χ1v) is 3.52. The first-order chi connectivity index (χ1) is 5.36. The van der Waals surface area contributed by atoms with Gasteiger partial charge >= 0.3 is 0 Å². The van der Waals surface area contributed by atoms with Gasteiger partial charge in [0.05, 0.1) is 5.21 Å². The third-order valence-electron chi connectivity index (χ3n) is 1.27. The minimum atomic E-state index is 0.754. The van der Waals surface area contributed by atoms with E-state index in [-0.39, 0.29) is 0 Å². The predicted molar refractivity (Wildman–Crippen MR) is 42.8 cm³/mol. The van der Waals surface area contributed by atoms with Crippen LogP contribution in [-0.4, -0.2) is 9.90 Å². The summed E-state index contributed by atoms with van der Waals surface area (Å²) in [6.45, 7) is 8.75. The molecule has 0 aliphatic carbocycles. The summed E-state index contributed by atoms with van der Waals surface area (Å²) in [4.78, 5) is 0. The van der Waals surface area contributed by atoms with Gasteiger partial charge in [-0.05, 0) is 12.2 Å². The highest BCUT2D eigenvalue weighted by Crippen LogP contribution is 1.79. The quantitative estimate of drug-likeness (QED) is 0.453. The molecule has 0 bridgehead atoms. The summed E-state index contributed by atoms with van der Waals surface area (Å²) in [6.07, 6.45) is 7.44. The molecule has 3 heteroatoms. The Morgan fingerprint density at radius 1 is 1.45 bits per heavy atom. The van der Waals surface area contributed by atoms with Crippen molar-refractivity contribution < 1.29 is 4.68 Å². The summed E-state index contributed by atoms with van der Waals surface area (Å²) >= 11 is 0. The van der Waals surface area contributed by atoms with Gasteiger partial charge in [0.1, 0.15) is 13.1 Å². The lowest BCUT2D eigenvalue weighted by Gasteiger charge is -1.83. The Bertz CT molecular complexity index is 225. The molecule has 0 fully saturated rings. The summed E-state index contributed by atoms with van der Waals surface area (Å²) in [7, 11) is 0. The van der Waals surface area contributed by atoms with Gasteiger partial charge in [-0.25, -0.2) is 0 Å². The molecule has 1 rings (SSSR count). The van der Waals surface area contributed by atoms with Crippen LogP contribution >= 0.6 is 0 Å². The molecule has 1 aromatic rings. The van der Waals surface area contributed by atoms with E-state index in [2.05, 4.69) is 18.4 Å². The van der Waals surface area contributed by atoms with Gasteiger partial charge in [-0.3, -0.25) is 0 Å². The van der Waals surface area contributed by atoms with Crippen LogP contribution in [0.2, 0.25) is 0 Å². The number of hydrogen-bond donors (Lipinski definition) is 0. The molecule has 0 aliphatic rings. The summed E-state index contributed by atoms with van der Waals surface area (Å²) in [6, 6.07) is 0. The van der Waals surface area contributed by atoms with Crippen molar-refractivity contribution in [3.8, 4) is 0 Å². The average Bonchev–Trinajstić information content (AvgIpc) is 2.38. The number of allylic oxidation sites excluding steroid dienone is 2. The molecule has 0 saturated carbocycles. The van der Waals surface area contributed by atoms with E-state index in [0.29, 0.717) is 0 Å². The molecule has 0 radical (unpaired) electrons. The standard InChI is InChI=1S/C8H12N3/c1-3-5-10-7-8-11(9-10)6-4-2/h3-4,7-8H,1-2,5-6H2/q+1. The fourth-order valence-electron chi connectivity index (χ4n) is 0.820. The molecule has 0 N–H and O–H groups in total. The second-order valence-electron chi connectivity index (χ2n) is 2.21. The lowest BCUT2D eigenvalue weighted by molar-refractivity contribution is -0.746. The molecule has 0 aromatic carbocycles. The second kappa shape index (κ2) is 3.71. The SMILES string of the molecule is C=CCn1cc[n+](CC=C)n1. The molecule has 3 nitrogen and oxygen atoms in total. The zero-order valence-electron chi connectivity index (χ0n) is 6.48. The summed E-state index contributed by atoms with van der Waals surface area (Å²) in [5.74, 6) is 0. The van der Waals surface area contributed by atoms with Crippen LogP contribution < -0.4 is 4.68 Å². The normalized spacial score (nSPS) is 9.45. The van der Waals surface area contributed by atoms with Crippen LogP contribution in [0.1, 0.15) is 0 Å². The van der Waals surface area contributed by atoms with E-state index >= 15 is 0 Å². The highest BCUT2D eigenvalue weighted by atomic mass is 15.5. The molecule has 1 heterocycles. The fourth-order valence-corrected chi connectivity index (χ4v) is 0.820. The molecule has 0 unspecified atom stereocenters. The van der Waals surface area contributed by atoms with Gasteiger partial charge in [0.2, 0.25) is 0 Å². The highest BCUT2D eigenvalue weighted by molar-refractivity contribution is 4.69. The van der Waals surface area contributed by atoms with Crippen molar-refractivity contribution in [3.63, 3.8) is 0 Å². The smallest absolute Gasteiger partial charge is 0.134 e. The molecule has 0 aliphatic heterocycles. The van der Waals surface area contributed by atoms with Crippen molar-refractivity contribution in [2.45, 2.75) is 13.1 Å². The maximum absolute atomic E-state index is 4.18. The molecular weight excluding hydrogens is 138 g/mol. The molecule has 58 valence electrons. The van der Waals surface area contributed by atoms with E-state index in [1.807, 2.05) is 33.9 Å². The van der Waals surface area contributed by atoms with E-state index < -0.39 is 0 Å². The zero-order valence-corrected chi connectivity index (χ0v) is 6.48. The van der Waals surface area contributed by atoms with E-state index in [4.69, 9.17) is 0 Å². The van der Waals surface area contributed by atoms with Crippen LogP contribution in [0.25, 0.3) is 0 Å². The minimum Gasteiger partial charge on any atom is -0.134 e. The number of hydrogen-bond acceptors (Lipinski definition) is 1. The summed E-state index contributed by atoms with van der Waals surface area (Å²) < 4.78 is 3.63. The van der Waals surface area contributed by atoms with E-state index in [0.717, 1.165) is 13.1 Å². The van der Waals surface area contributed by atoms with Gasteiger partial charge in [0, 0.05) is 0 Å². The Morgan fingerprint density at radius 2 is 2.27 bits per heavy atom. The Labute approximate surface area is 66.2 Å². The van der Waals surface area contributed by atoms with Crippen molar-refractivity contribution in [3.05, 3.63) is 37.7 Å². The molecule has 11 heavy (non-hydrogen) atoms. The van der Waals surface area contributed by atoms with Crippen molar-refractivity contribution in [2.75, 3.05) is 0 Å². The minimum absolute atomic E-state index is 0.754. The third-order valence-corrected chi connectivity index (χ3v) is 1.27. The Kier molecular flexibility index (Phi) is 2.60. The molecule has 0 amide bonds. The van der Waals surface area contributed by atoms with Gasteiger partial charge in [-0.15, -0.1) is 9.36 Å². The van der Waals surface area contributed by atoms with Gasteiger partial charge in [0.25, 0.3) is 0 Å². The molecule has 0 saturated heterocycles. The molecule has 1 aromatic heterocycles. The maximum atomic E-state index is 4.18. The number of nitrogens with zero attached hydrogens (tertiary/aromatic N) is 3. The lowest BCUT2D eigenvalue weighted by atomic mass is 10.6. The van der Waals surface area contributed by atoms with Crippen LogP contribution in [0, 0.1) is 0 Å². The second-order valence-corrected chi connectivity index (χ2v) is 2.21. The highest BCUT2D eigenvalue weighted by Gasteiger charge is 2.00. The largest absolute Gasteiger partial charge is 0.155 e. The van der Waals surface area contributed by atoms with E-state index in [1.165, 1.54) is 0 Å². The van der Waals surface area contributed by atoms with Crippen LogP contribution in [-0.2, 0) is 13.1 Å². The van der Waals surface area contributed by atoms with E-state index in [9.17, 15) is 0 Å². The predicted octanol–water partition coefficient (Wildman–Crippen LogP) is 0.543. The molecule has 0 atom stereocenters. The summed E-state index contributed by atoms with van der Waals surface area (Å²) in [5.41, 5.74) is 0. The van der Waals surface area contributed by atoms with Crippen LogP contribution in [0.3, 0.4) is 0 Å². The molecule has 0 spiro atoms. The summed E-state index contributed by atoms with van der Waals surface area (Å²) in [5, 5.41) is 4.18. The maximum Gasteiger partial charge on any atom is 0.155 e. The van der Waals surface area contributed by atoms with Crippen LogP contribution in [0.15, 0.2) is 37.7 Å². The number of aromatic nitrogens is 3. The van der Waals surface area contributed by atoms with Gasteiger partial charge < -0.3 is 0 Å². The van der Waals surface area contributed by atoms with Crippen molar-refractivity contribution >= 4 is 0 Å². The topological polar surface area (TPSA) is 21.7 Å². The Morgan fingerprint density at radius 3 is 2.91 bits per heavy atom. The fraction of sp³-hybridized carbons (Fsp3) is 0.250. The first kappa shape index (κ1) is 7.72. The van der Waals surface area contributed by atoms with Gasteiger partial charge in [0.15, 0.2) is 12.4 Å². The van der Waals surface area contributed by atoms with E-state index in [1.54, 1.807) is 0 Å². The monoisotopic (exact) mass is 150 g/mol. The van der Waals surface area contributed by atoms with Gasteiger partial charge in [-0.2, -0.15) is 0 Å². The lowest BCUT2D eigenvalue weighted by Crippen LogP contribution is -2.35. The Hall–Kier alpha value is -1.38.